The van der Waals surface area contributed by atoms with E-state index in [4.69, 9.17) is 25.3 Å². The molecule has 1 aromatic carbocycles. The molecule has 0 spiro atoms. The Hall–Kier alpha value is -2.45. The summed E-state index contributed by atoms with van der Waals surface area (Å²) < 4.78 is 154. The smallest absolute Gasteiger partial charge is 0.191 e. The average Bonchev–Trinajstić information content (AvgIpc) is 3.31. The predicted octanol–water partition coefficient (Wildman–Crippen LogP) is 2.01. The number of ether oxygens (including phenoxy) is 1. The maximum atomic E-state index is 14.5. The van der Waals surface area contributed by atoms with Crippen molar-refractivity contribution in [2.24, 2.45) is 0 Å². The van der Waals surface area contributed by atoms with Crippen molar-refractivity contribution in [3.8, 4) is 0 Å². The third-order valence-corrected chi connectivity index (χ3v) is 6.12. The first-order valence-electron chi connectivity index (χ1n) is 17.8. The molecule has 4 N–H and O–H groups in total. The van der Waals surface area contributed by atoms with Crippen LogP contribution in [0, 0.1) is 11.6 Å². The highest BCUT2D eigenvalue weighted by molar-refractivity contribution is 7.99. The second-order valence-corrected chi connectivity index (χ2v) is 8.47. The lowest BCUT2D eigenvalue weighted by atomic mass is 10.1. The summed E-state index contributed by atoms with van der Waals surface area (Å²) in [6.07, 6.45) is -11.3. The summed E-state index contributed by atoms with van der Waals surface area (Å²) in [6, 6.07) is -6.97. The number of nitrogens with one attached hydrogen (secondary N) is 1. The van der Waals surface area contributed by atoms with Gasteiger partial charge in [-0.3, -0.25) is 0 Å². The van der Waals surface area contributed by atoms with E-state index in [0.717, 1.165) is 4.68 Å². The van der Waals surface area contributed by atoms with E-state index < -0.39 is 127 Å². The topological polar surface area (TPSA) is 138 Å². The summed E-state index contributed by atoms with van der Waals surface area (Å²) >= 11 is -0.125. The Morgan fingerprint density at radius 1 is 1.36 bits per heavy atom. The normalized spacial score (nSPS) is 38.7. The van der Waals surface area contributed by atoms with Gasteiger partial charge < -0.3 is 25.4 Å². The molecule has 0 aliphatic heterocycles. The van der Waals surface area contributed by atoms with Gasteiger partial charge in [0.2, 0.25) is 0 Å². The molecule has 36 heavy (non-hydrogen) atoms. The molecule has 6 atom stereocenters. The van der Waals surface area contributed by atoms with Crippen molar-refractivity contribution < 1.29 is 49.4 Å². The summed E-state index contributed by atoms with van der Waals surface area (Å²) in [5.74, 6) is -7.06. The van der Waals surface area contributed by atoms with Crippen molar-refractivity contribution >= 4 is 28.7 Å². The van der Waals surface area contributed by atoms with Crippen molar-refractivity contribution in [3.05, 3.63) is 35.3 Å². The fourth-order valence-electron chi connectivity index (χ4n) is 3.85. The van der Waals surface area contributed by atoms with E-state index in [-0.39, 0.29) is 23.7 Å². The van der Waals surface area contributed by atoms with Gasteiger partial charge in [-0.1, -0.05) is 29.9 Å². The fraction of sp³-hybridized carbons (Fsp3) is 0.565. The average molecular weight is 538 g/mol. The van der Waals surface area contributed by atoms with Crippen LogP contribution in [0.2, 0.25) is 0 Å². The highest BCUT2D eigenvalue weighted by atomic mass is 32.2. The fourth-order valence-corrected chi connectivity index (χ4v) is 4.26. The van der Waals surface area contributed by atoms with E-state index in [1.165, 1.54) is 0 Å². The van der Waals surface area contributed by atoms with Gasteiger partial charge in [0.1, 0.15) is 12.2 Å². The van der Waals surface area contributed by atoms with E-state index in [1.54, 1.807) is 0 Å². The lowest BCUT2D eigenvalue weighted by Gasteiger charge is -2.17. The van der Waals surface area contributed by atoms with Crippen LogP contribution in [0.5, 0.6) is 0 Å². The molecule has 2 aliphatic carbocycles. The Morgan fingerprint density at radius 3 is 3.03 bits per heavy atom. The number of hydrogen-bond acceptors (Lipinski definition) is 10. The molecule has 0 saturated heterocycles. The Bertz CT molecular complexity index is 1840. The molecule has 0 amide bonds. The van der Waals surface area contributed by atoms with Crippen molar-refractivity contribution in [1.29, 1.82) is 0 Å². The number of benzene rings is 1. The molecular formula is C23H28F2N6O4S. The van der Waals surface area contributed by atoms with E-state index in [1.807, 2.05) is 0 Å². The Labute approximate surface area is 231 Å². The molecule has 2 fully saturated rings. The van der Waals surface area contributed by atoms with E-state index in [0.29, 0.717) is 0 Å². The number of anilines is 1. The van der Waals surface area contributed by atoms with Crippen LogP contribution in [0.4, 0.5) is 14.6 Å². The van der Waals surface area contributed by atoms with Gasteiger partial charge in [-0.15, -0.1) is 5.10 Å². The van der Waals surface area contributed by atoms with Crippen molar-refractivity contribution in [3.63, 3.8) is 0 Å². The molecule has 1 unspecified atom stereocenters. The van der Waals surface area contributed by atoms with Crippen LogP contribution >= 0.6 is 11.8 Å². The van der Waals surface area contributed by atoms with Crippen LogP contribution in [0.25, 0.3) is 11.2 Å². The molecule has 2 aromatic heterocycles. The van der Waals surface area contributed by atoms with Crippen LogP contribution in [-0.4, -0.2) is 83.5 Å². The minimum Gasteiger partial charge on any atom is -0.394 e. The second-order valence-electron chi connectivity index (χ2n) is 7.70. The maximum absolute atomic E-state index is 14.5. The van der Waals surface area contributed by atoms with Gasteiger partial charge in [0.15, 0.2) is 33.8 Å². The van der Waals surface area contributed by atoms with Gasteiger partial charge in [-0.05, 0) is 30.4 Å². The van der Waals surface area contributed by atoms with E-state index >= 15 is 0 Å². The molecule has 3 aromatic rings. The zero-order valence-corrected chi connectivity index (χ0v) is 18.8. The Kier molecular flexibility index (Phi) is 3.75. The molecule has 2 heterocycles. The molecule has 13 heteroatoms. The second kappa shape index (κ2) is 10.5. The van der Waals surface area contributed by atoms with Gasteiger partial charge >= 0.3 is 0 Å². The molecule has 0 bridgehead atoms. The van der Waals surface area contributed by atoms with E-state index in [2.05, 4.69) is 25.6 Å². The first kappa shape index (κ1) is 12.9. The highest BCUT2D eigenvalue weighted by Gasteiger charge is 2.45. The standard InChI is InChI=1S/C23H28F2N6O4S/c1-2-7-36-23-27-21(26-15-9-12(15)11-3-4-13(24)14(25)8-11)18-22(28-23)31(30-29-18)16-10-17(35-6-5-32)20(34)19(16)33/h3-4,8,12,15-17,19-20,32-34H,2,5-7,9-10H2,1H3,(H,26,27,28)/t12?,15-,16+,17-,19-,20+/m0/s1/i1D3,2D2,3D,4D,5D2,7D2,8D,9D2,12D. The quantitative estimate of drug-likeness (QED) is 0.224. The van der Waals surface area contributed by atoms with E-state index in [9.17, 15) is 24.1 Å². The lowest BCUT2D eigenvalue weighted by Crippen LogP contribution is -2.33. The number of halogens is 2. The summed E-state index contributed by atoms with van der Waals surface area (Å²) in [7, 11) is 0. The Balaban J connectivity index is 1.62. The minimum absolute atomic E-state index is 0.125. The predicted molar refractivity (Wildman–Crippen MR) is 128 cm³/mol. The largest absolute Gasteiger partial charge is 0.394 e. The third kappa shape index (κ3) is 4.90. The molecule has 194 valence electrons. The first-order chi connectivity index (χ1) is 23.1. The molecule has 5 rings (SSSR count). The first-order valence-corrected chi connectivity index (χ1v) is 11.2. The molecule has 0 radical (unpaired) electrons. The molecule has 10 nitrogen and oxygen atoms in total. The number of aliphatic hydroxyl groups excluding tert-OH is 2. The van der Waals surface area contributed by atoms with Crippen molar-refractivity contribution in [2.45, 2.75) is 67.5 Å². The Morgan fingerprint density at radius 2 is 2.22 bits per heavy atom. The summed E-state index contributed by atoms with van der Waals surface area (Å²) in [4.78, 5) is 8.16. The number of hydrogen-bond donors (Lipinski definition) is 4. The minimum atomic E-state index is -3.52. The van der Waals surface area contributed by atoms with Crippen LogP contribution in [0.15, 0.2) is 23.3 Å². The number of nitrogens with zero attached hydrogens (tertiary/aromatic N) is 5. The van der Waals surface area contributed by atoms with Crippen LogP contribution in [0.1, 0.15) is 64.1 Å². The number of fused-ring (bicyclic) bond motifs is 1. The van der Waals surface area contributed by atoms with Crippen molar-refractivity contribution in [1.82, 2.24) is 25.0 Å². The molecule has 2 saturated carbocycles. The maximum Gasteiger partial charge on any atom is 0.191 e. The van der Waals surface area contributed by atoms with Gasteiger partial charge in [-0.25, -0.2) is 23.4 Å². The van der Waals surface area contributed by atoms with Crippen LogP contribution < -0.4 is 5.32 Å². The number of thioether (sulfide) groups is 1. The zero-order chi connectivity index (χ0) is 38.6. The molecule has 2 aliphatic rings. The SMILES string of the molecule is [2H]c1c([2H])c(C2([2H])[C@@H](Nc3nc(SC([2H])([2H])C([2H])([2H])C([2H])([2H])[2H])nc4c3nnn4[C@@H]3C[C@H](OCC([2H])([2H])O)[C@@H](O)[C@H]3O)C2([2H])[2H])c([2H])c(F)c1F. The number of rotatable bonds is 10. The van der Waals surface area contributed by atoms with Crippen molar-refractivity contribution in [2.75, 3.05) is 24.2 Å². The summed E-state index contributed by atoms with van der Waals surface area (Å²) in [5.41, 5.74) is -5.07. The third-order valence-electron chi connectivity index (χ3n) is 5.55. The number of aliphatic hydroxyl groups is 3. The lowest BCUT2D eigenvalue weighted by molar-refractivity contribution is -0.0629. The van der Waals surface area contributed by atoms with Crippen LogP contribution in [0.3, 0.4) is 0 Å². The number of aromatic nitrogens is 5. The van der Waals surface area contributed by atoms with Gasteiger partial charge in [0.25, 0.3) is 0 Å². The summed E-state index contributed by atoms with van der Waals surface area (Å²) in [5, 5.41) is 40.4. The zero-order valence-electron chi connectivity index (χ0n) is 33.0. The van der Waals surface area contributed by atoms with Gasteiger partial charge in [0.05, 0.1) is 32.2 Å². The van der Waals surface area contributed by atoms with Gasteiger partial charge in [0, 0.05) is 37.8 Å². The monoisotopic (exact) mass is 537 g/mol. The summed E-state index contributed by atoms with van der Waals surface area (Å²) in [6.45, 7) is -7.20. The van der Waals surface area contributed by atoms with Crippen LogP contribution in [-0.2, 0) is 4.74 Å². The van der Waals surface area contributed by atoms with Gasteiger partial charge in [-0.2, -0.15) is 0 Å². The highest BCUT2D eigenvalue weighted by Crippen LogP contribution is 2.44. The molecular weight excluding hydrogens is 494 g/mol.